The zero-order valence-electron chi connectivity index (χ0n) is 12.5. The minimum Gasteiger partial charge on any atom is -0.484 e. The van der Waals surface area contributed by atoms with Crippen molar-refractivity contribution in [3.8, 4) is 5.75 Å². The third-order valence-corrected chi connectivity index (χ3v) is 3.06. The van der Waals surface area contributed by atoms with Crippen molar-refractivity contribution in [3.63, 3.8) is 0 Å². The second-order valence-electron chi connectivity index (χ2n) is 5.38. The molecule has 1 rings (SSSR count). The van der Waals surface area contributed by atoms with Gasteiger partial charge in [0.1, 0.15) is 5.75 Å². The Kier molecular flexibility index (Phi) is 7.73. The maximum atomic E-state index is 11.6. The molecule has 0 spiro atoms. The van der Waals surface area contributed by atoms with Gasteiger partial charge in [0.15, 0.2) is 6.61 Å². The molecule has 0 aliphatic rings. The smallest absolute Gasteiger partial charge is 0.257 e. The number of nitrogens with one attached hydrogen (secondary N) is 1. The fourth-order valence-electron chi connectivity index (χ4n) is 1.83. The van der Waals surface area contributed by atoms with Crippen LogP contribution in [0.4, 0.5) is 0 Å². The molecular weight excluding hydrogens is 252 g/mol. The van der Waals surface area contributed by atoms with Crippen molar-refractivity contribution in [3.05, 3.63) is 29.8 Å². The van der Waals surface area contributed by atoms with Crippen LogP contribution in [-0.2, 0) is 11.3 Å². The Bertz CT molecular complexity index is 388. The molecule has 112 valence electrons. The van der Waals surface area contributed by atoms with Gasteiger partial charge in [-0.1, -0.05) is 38.8 Å². The van der Waals surface area contributed by atoms with Crippen molar-refractivity contribution in [1.82, 2.24) is 5.32 Å². The quantitative estimate of drug-likeness (QED) is 0.682. The molecule has 0 aliphatic carbocycles. The first-order valence-electron chi connectivity index (χ1n) is 7.30. The van der Waals surface area contributed by atoms with Gasteiger partial charge in [0.25, 0.3) is 5.91 Å². The number of carbonyl (C=O) groups excluding carboxylic acids is 1. The second-order valence-corrected chi connectivity index (χ2v) is 5.38. The first kappa shape index (κ1) is 16.5. The van der Waals surface area contributed by atoms with Crippen LogP contribution in [0, 0.1) is 5.92 Å². The lowest BCUT2D eigenvalue weighted by molar-refractivity contribution is -0.123. The molecule has 1 aromatic carbocycles. The number of carbonyl (C=O) groups is 1. The molecule has 0 aromatic heterocycles. The van der Waals surface area contributed by atoms with E-state index in [2.05, 4.69) is 19.2 Å². The highest BCUT2D eigenvalue weighted by Crippen LogP contribution is 2.11. The highest BCUT2D eigenvalue weighted by Gasteiger charge is 2.02. The van der Waals surface area contributed by atoms with E-state index in [9.17, 15) is 4.79 Å². The number of benzene rings is 1. The molecular formula is C16H26N2O2. The van der Waals surface area contributed by atoms with Crippen LogP contribution in [0.3, 0.4) is 0 Å². The Morgan fingerprint density at radius 1 is 1.25 bits per heavy atom. The molecule has 0 heterocycles. The maximum Gasteiger partial charge on any atom is 0.257 e. The third-order valence-electron chi connectivity index (χ3n) is 3.06. The summed E-state index contributed by atoms with van der Waals surface area (Å²) in [5, 5.41) is 2.87. The zero-order chi connectivity index (χ0) is 14.8. The number of unbranched alkanes of at least 4 members (excludes halogenated alkanes) is 1. The Morgan fingerprint density at radius 2 is 1.95 bits per heavy atom. The fourth-order valence-corrected chi connectivity index (χ4v) is 1.83. The summed E-state index contributed by atoms with van der Waals surface area (Å²) in [7, 11) is 0. The summed E-state index contributed by atoms with van der Waals surface area (Å²) in [6, 6.07) is 7.47. The van der Waals surface area contributed by atoms with Crippen LogP contribution >= 0.6 is 0 Å². The van der Waals surface area contributed by atoms with Crippen LogP contribution in [-0.4, -0.2) is 19.1 Å². The van der Waals surface area contributed by atoms with Gasteiger partial charge in [-0.15, -0.1) is 0 Å². The lowest BCUT2D eigenvalue weighted by Gasteiger charge is -2.08. The van der Waals surface area contributed by atoms with Gasteiger partial charge in [-0.3, -0.25) is 4.79 Å². The molecule has 0 atom stereocenters. The predicted molar refractivity (Wildman–Crippen MR) is 81.5 cm³/mol. The number of rotatable bonds is 9. The first-order valence-corrected chi connectivity index (χ1v) is 7.30. The molecule has 0 saturated heterocycles. The number of hydrogen-bond donors (Lipinski definition) is 2. The lowest BCUT2D eigenvalue weighted by atomic mass is 10.1. The average molecular weight is 278 g/mol. The number of amides is 1. The van der Waals surface area contributed by atoms with Gasteiger partial charge in [-0.05, 0) is 30.0 Å². The minimum absolute atomic E-state index is 0.0617. The summed E-state index contributed by atoms with van der Waals surface area (Å²) >= 11 is 0. The van der Waals surface area contributed by atoms with Crippen molar-refractivity contribution < 1.29 is 9.53 Å². The van der Waals surface area contributed by atoms with E-state index in [4.69, 9.17) is 10.5 Å². The van der Waals surface area contributed by atoms with Gasteiger partial charge in [0.05, 0.1) is 0 Å². The van der Waals surface area contributed by atoms with Gasteiger partial charge in [0, 0.05) is 13.1 Å². The van der Waals surface area contributed by atoms with Crippen LogP contribution in [0.2, 0.25) is 0 Å². The molecule has 0 bridgehead atoms. The SMILES string of the molecule is CC(C)CCCCNC(=O)COc1ccc(CN)cc1. The standard InChI is InChI=1S/C16H26N2O2/c1-13(2)5-3-4-10-18-16(19)12-20-15-8-6-14(11-17)7-9-15/h6-9,13H,3-5,10-12,17H2,1-2H3,(H,18,19). The molecule has 4 heteroatoms. The van der Waals surface area contributed by atoms with Crippen molar-refractivity contribution in [2.24, 2.45) is 11.7 Å². The molecule has 3 N–H and O–H groups in total. The molecule has 4 nitrogen and oxygen atoms in total. The molecule has 0 aliphatic heterocycles. The molecule has 0 fully saturated rings. The molecule has 20 heavy (non-hydrogen) atoms. The van der Waals surface area contributed by atoms with Crippen LogP contribution in [0.1, 0.15) is 38.7 Å². The monoisotopic (exact) mass is 278 g/mol. The minimum atomic E-state index is -0.0718. The Hall–Kier alpha value is -1.55. The summed E-state index contributed by atoms with van der Waals surface area (Å²) in [4.78, 5) is 11.6. The Morgan fingerprint density at radius 3 is 2.55 bits per heavy atom. The largest absolute Gasteiger partial charge is 0.484 e. The molecule has 0 radical (unpaired) electrons. The van der Waals surface area contributed by atoms with Gasteiger partial charge in [-0.25, -0.2) is 0 Å². The molecule has 0 unspecified atom stereocenters. The zero-order valence-corrected chi connectivity index (χ0v) is 12.5. The fraction of sp³-hybridized carbons (Fsp3) is 0.562. The maximum absolute atomic E-state index is 11.6. The highest BCUT2D eigenvalue weighted by atomic mass is 16.5. The van der Waals surface area contributed by atoms with E-state index in [0.717, 1.165) is 30.9 Å². The van der Waals surface area contributed by atoms with Crippen LogP contribution < -0.4 is 15.8 Å². The number of hydrogen-bond acceptors (Lipinski definition) is 3. The van der Waals surface area contributed by atoms with E-state index in [1.54, 1.807) is 0 Å². The third kappa shape index (κ3) is 7.14. The van der Waals surface area contributed by atoms with Crippen molar-refractivity contribution >= 4 is 5.91 Å². The second kappa shape index (κ2) is 9.37. The predicted octanol–water partition coefficient (Wildman–Crippen LogP) is 2.47. The first-order chi connectivity index (χ1) is 9.61. The van der Waals surface area contributed by atoms with E-state index in [1.165, 1.54) is 6.42 Å². The molecule has 0 saturated carbocycles. The molecule has 1 amide bonds. The summed E-state index contributed by atoms with van der Waals surface area (Å²) in [6.07, 6.45) is 3.38. The number of ether oxygens (including phenoxy) is 1. The summed E-state index contributed by atoms with van der Waals surface area (Å²) in [5.41, 5.74) is 6.56. The summed E-state index contributed by atoms with van der Waals surface area (Å²) in [6.45, 7) is 5.72. The summed E-state index contributed by atoms with van der Waals surface area (Å²) in [5.74, 6) is 1.35. The average Bonchev–Trinajstić information content (AvgIpc) is 2.45. The van der Waals surface area contributed by atoms with Gasteiger partial charge in [0.2, 0.25) is 0 Å². The van der Waals surface area contributed by atoms with Gasteiger partial charge < -0.3 is 15.8 Å². The van der Waals surface area contributed by atoms with Crippen molar-refractivity contribution in [2.45, 2.75) is 39.7 Å². The van der Waals surface area contributed by atoms with Crippen molar-refractivity contribution in [1.29, 1.82) is 0 Å². The van der Waals surface area contributed by atoms with Crippen LogP contribution in [0.5, 0.6) is 5.75 Å². The van der Waals surface area contributed by atoms with Gasteiger partial charge >= 0.3 is 0 Å². The number of nitrogens with two attached hydrogens (primary N) is 1. The van der Waals surface area contributed by atoms with E-state index < -0.39 is 0 Å². The Balaban J connectivity index is 2.13. The highest BCUT2D eigenvalue weighted by molar-refractivity contribution is 5.77. The van der Waals surface area contributed by atoms with Crippen molar-refractivity contribution in [2.75, 3.05) is 13.2 Å². The lowest BCUT2D eigenvalue weighted by Crippen LogP contribution is -2.29. The normalized spacial score (nSPS) is 10.6. The van der Waals surface area contributed by atoms with Gasteiger partial charge in [-0.2, -0.15) is 0 Å². The van der Waals surface area contributed by atoms with Crippen LogP contribution in [0.15, 0.2) is 24.3 Å². The molecule has 1 aromatic rings. The van der Waals surface area contributed by atoms with E-state index in [-0.39, 0.29) is 12.5 Å². The van der Waals surface area contributed by atoms with Crippen LogP contribution in [0.25, 0.3) is 0 Å². The summed E-state index contributed by atoms with van der Waals surface area (Å²) < 4.78 is 5.41. The topological polar surface area (TPSA) is 64.3 Å². The van der Waals surface area contributed by atoms with E-state index in [1.807, 2.05) is 24.3 Å². The van der Waals surface area contributed by atoms with E-state index in [0.29, 0.717) is 12.3 Å². The van der Waals surface area contributed by atoms with E-state index >= 15 is 0 Å². The Labute approximate surface area is 121 Å².